The van der Waals surface area contributed by atoms with Crippen LogP contribution >= 0.6 is 0 Å². The Morgan fingerprint density at radius 1 is 1.36 bits per heavy atom. The molecule has 1 atom stereocenters. The van der Waals surface area contributed by atoms with Crippen LogP contribution in [0.1, 0.15) is 54.3 Å². The number of hydrogen-bond donors (Lipinski definition) is 1. The van der Waals surface area contributed by atoms with Crippen LogP contribution in [-0.2, 0) is 0 Å². The van der Waals surface area contributed by atoms with Gasteiger partial charge in [0.2, 0.25) is 0 Å². The molecule has 1 N–H and O–H groups in total. The number of nitrogens with one attached hydrogen (secondary N) is 1. The number of rotatable bonds is 6. The molecule has 2 heterocycles. The minimum atomic E-state index is -0.743. The SMILES string of the molecule is CCCC(C)c1cc(C)c(C(=O)Nc2cc(-n3cnnn3)ccc2F)c(=O)o1. The highest BCUT2D eigenvalue weighted by Crippen LogP contribution is 2.22. The minimum absolute atomic E-state index is 0.0685. The number of aryl methyl sites for hydroxylation is 1. The van der Waals surface area contributed by atoms with Gasteiger partial charge in [0.15, 0.2) is 0 Å². The van der Waals surface area contributed by atoms with Crippen molar-refractivity contribution in [2.45, 2.75) is 39.5 Å². The monoisotopic (exact) mass is 385 g/mol. The first kappa shape index (κ1) is 19.4. The average Bonchev–Trinajstić information content (AvgIpc) is 3.18. The Hall–Kier alpha value is -3.36. The molecule has 0 saturated heterocycles. The van der Waals surface area contributed by atoms with Crippen LogP contribution < -0.4 is 10.9 Å². The largest absolute Gasteiger partial charge is 0.427 e. The molecule has 28 heavy (non-hydrogen) atoms. The molecule has 0 spiro atoms. The number of amides is 1. The first-order chi connectivity index (χ1) is 13.4. The number of hydrogen-bond acceptors (Lipinski definition) is 6. The van der Waals surface area contributed by atoms with Crippen LogP contribution in [0.15, 0.2) is 39.8 Å². The summed E-state index contributed by atoms with van der Waals surface area (Å²) < 4.78 is 20.8. The summed E-state index contributed by atoms with van der Waals surface area (Å²) in [5.41, 5.74) is -0.0645. The van der Waals surface area contributed by atoms with Gasteiger partial charge in [0, 0.05) is 5.92 Å². The predicted octanol–water partition coefficient (Wildman–Crippen LogP) is 3.22. The number of carbonyl (C=O) groups excluding carboxylic acids is 1. The van der Waals surface area contributed by atoms with Gasteiger partial charge in [-0.1, -0.05) is 20.3 Å². The van der Waals surface area contributed by atoms with Crippen LogP contribution in [0.2, 0.25) is 0 Å². The van der Waals surface area contributed by atoms with Crippen molar-refractivity contribution in [2.75, 3.05) is 5.32 Å². The van der Waals surface area contributed by atoms with Crippen molar-refractivity contribution in [3.05, 3.63) is 63.7 Å². The van der Waals surface area contributed by atoms with E-state index in [1.165, 1.54) is 29.2 Å². The van der Waals surface area contributed by atoms with E-state index in [0.717, 1.165) is 12.8 Å². The van der Waals surface area contributed by atoms with E-state index in [1.54, 1.807) is 13.0 Å². The first-order valence-corrected chi connectivity index (χ1v) is 8.89. The summed E-state index contributed by atoms with van der Waals surface area (Å²) >= 11 is 0. The van der Waals surface area contributed by atoms with Crippen LogP contribution in [0, 0.1) is 12.7 Å². The lowest BCUT2D eigenvalue weighted by Crippen LogP contribution is -2.24. The number of carbonyl (C=O) groups is 1. The summed E-state index contributed by atoms with van der Waals surface area (Å²) in [6, 6.07) is 5.70. The molecule has 0 aliphatic heterocycles. The Bertz CT molecular complexity index is 1050. The third kappa shape index (κ3) is 3.98. The summed E-state index contributed by atoms with van der Waals surface area (Å²) in [5, 5.41) is 13.2. The Balaban J connectivity index is 1.90. The van der Waals surface area contributed by atoms with Crippen LogP contribution in [-0.4, -0.2) is 26.1 Å². The van der Waals surface area contributed by atoms with Gasteiger partial charge in [-0.25, -0.2) is 13.9 Å². The van der Waals surface area contributed by atoms with E-state index in [4.69, 9.17) is 4.42 Å². The van der Waals surface area contributed by atoms with Gasteiger partial charge >= 0.3 is 5.63 Å². The molecule has 9 heteroatoms. The van der Waals surface area contributed by atoms with Gasteiger partial charge in [-0.15, -0.1) is 5.10 Å². The fourth-order valence-electron chi connectivity index (χ4n) is 2.94. The molecule has 8 nitrogen and oxygen atoms in total. The zero-order chi connectivity index (χ0) is 20.3. The van der Waals surface area contributed by atoms with Gasteiger partial charge < -0.3 is 9.73 Å². The first-order valence-electron chi connectivity index (χ1n) is 8.89. The molecule has 0 aliphatic rings. The zero-order valence-electron chi connectivity index (χ0n) is 15.8. The Morgan fingerprint density at radius 3 is 2.79 bits per heavy atom. The minimum Gasteiger partial charge on any atom is -0.427 e. The molecule has 3 aromatic rings. The fourth-order valence-corrected chi connectivity index (χ4v) is 2.94. The smallest absolute Gasteiger partial charge is 0.349 e. The lowest BCUT2D eigenvalue weighted by molar-refractivity contribution is 0.102. The van der Waals surface area contributed by atoms with Crippen molar-refractivity contribution in [1.82, 2.24) is 20.2 Å². The molecule has 0 bridgehead atoms. The second kappa shape index (κ2) is 8.12. The van der Waals surface area contributed by atoms with E-state index < -0.39 is 17.3 Å². The number of tetrazole rings is 1. The number of halogens is 1. The maximum atomic E-state index is 14.2. The second-order valence-corrected chi connectivity index (χ2v) is 6.56. The van der Waals surface area contributed by atoms with Crippen LogP contribution in [0.25, 0.3) is 5.69 Å². The van der Waals surface area contributed by atoms with Crippen molar-refractivity contribution in [2.24, 2.45) is 0 Å². The van der Waals surface area contributed by atoms with Crippen LogP contribution in [0.5, 0.6) is 0 Å². The molecular weight excluding hydrogens is 365 g/mol. The Kier molecular flexibility index (Phi) is 5.62. The number of benzene rings is 1. The van der Waals surface area contributed by atoms with Gasteiger partial charge in [0.05, 0.1) is 11.4 Å². The predicted molar refractivity (Wildman–Crippen MR) is 100 cm³/mol. The molecule has 1 unspecified atom stereocenters. The van der Waals surface area contributed by atoms with E-state index in [9.17, 15) is 14.0 Å². The molecular formula is C19H20FN5O3. The van der Waals surface area contributed by atoms with Gasteiger partial charge in [-0.2, -0.15) is 0 Å². The molecule has 2 aromatic heterocycles. The maximum Gasteiger partial charge on any atom is 0.349 e. The van der Waals surface area contributed by atoms with Gasteiger partial charge in [-0.05, 0) is 53.6 Å². The number of nitrogens with zero attached hydrogens (tertiary/aromatic N) is 4. The fraction of sp³-hybridized carbons (Fsp3) is 0.316. The highest BCUT2D eigenvalue weighted by molar-refractivity contribution is 6.05. The molecule has 0 saturated carbocycles. The Morgan fingerprint density at radius 2 is 2.14 bits per heavy atom. The standard InChI is InChI=1S/C19H20FN5O3/c1-4-5-11(2)16-8-12(3)17(19(27)28-16)18(26)22-15-9-13(6-7-14(15)20)25-10-21-23-24-25/h6-11H,4-5H2,1-3H3,(H,22,26). The third-order valence-corrected chi connectivity index (χ3v) is 4.41. The highest BCUT2D eigenvalue weighted by atomic mass is 19.1. The van der Waals surface area contributed by atoms with Gasteiger partial charge in [0.25, 0.3) is 5.91 Å². The summed E-state index contributed by atoms with van der Waals surface area (Å²) in [7, 11) is 0. The van der Waals surface area contributed by atoms with Gasteiger partial charge in [-0.3, -0.25) is 4.79 Å². The summed E-state index contributed by atoms with van der Waals surface area (Å²) in [6.07, 6.45) is 3.15. The summed E-state index contributed by atoms with van der Waals surface area (Å²) in [5.74, 6) is -0.791. The molecule has 1 aromatic carbocycles. The van der Waals surface area contributed by atoms with Crippen molar-refractivity contribution in [3.63, 3.8) is 0 Å². The summed E-state index contributed by atoms with van der Waals surface area (Å²) in [4.78, 5) is 25.0. The van der Waals surface area contributed by atoms with Crippen molar-refractivity contribution < 1.29 is 13.6 Å². The van der Waals surface area contributed by atoms with E-state index >= 15 is 0 Å². The topological polar surface area (TPSA) is 103 Å². The van der Waals surface area contributed by atoms with Crippen LogP contribution in [0.4, 0.5) is 10.1 Å². The molecule has 1 amide bonds. The number of anilines is 1. The number of aromatic nitrogens is 4. The lowest BCUT2D eigenvalue weighted by atomic mass is 10.0. The van der Waals surface area contributed by atoms with Crippen molar-refractivity contribution in [3.8, 4) is 5.69 Å². The van der Waals surface area contributed by atoms with E-state index in [1.807, 2.05) is 13.8 Å². The summed E-state index contributed by atoms with van der Waals surface area (Å²) in [6.45, 7) is 5.66. The van der Waals surface area contributed by atoms with Crippen molar-refractivity contribution in [1.29, 1.82) is 0 Å². The maximum absolute atomic E-state index is 14.2. The third-order valence-electron chi connectivity index (χ3n) is 4.41. The molecule has 0 fully saturated rings. The Labute approximate surface area is 160 Å². The van der Waals surface area contributed by atoms with Gasteiger partial charge in [0.1, 0.15) is 23.5 Å². The highest BCUT2D eigenvalue weighted by Gasteiger charge is 2.20. The normalized spacial score (nSPS) is 12.0. The van der Waals surface area contributed by atoms with Crippen LogP contribution in [0.3, 0.4) is 0 Å². The van der Waals surface area contributed by atoms with E-state index in [2.05, 4.69) is 20.8 Å². The van der Waals surface area contributed by atoms with E-state index in [0.29, 0.717) is 17.0 Å². The zero-order valence-corrected chi connectivity index (χ0v) is 15.8. The average molecular weight is 385 g/mol. The van der Waals surface area contributed by atoms with E-state index in [-0.39, 0.29) is 17.2 Å². The quantitative estimate of drug-likeness (QED) is 0.699. The second-order valence-electron chi connectivity index (χ2n) is 6.56. The molecule has 146 valence electrons. The molecule has 0 aliphatic carbocycles. The van der Waals surface area contributed by atoms with Crippen molar-refractivity contribution >= 4 is 11.6 Å². The lowest BCUT2D eigenvalue weighted by Gasteiger charge is -2.12. The molecule has 3 rings (SSSR count). The molecule has 0 radical (unpaired) electrons.